The molecule has 1 aliphatic rings. The van der Waals surface area contributed by atoms with Crippen molar-refractivity contribution >= 4 is 10.0 Å². The van der Waals surface area contributed by atoms with Gasteiger partial charge in [-0.2, -0.15) is 0 Å². The Bertz CT molecular complexity index is 818. The molecule has 0 amide bonds. The fourth-order valence-corrected chi connectivity index (χ4v) is 3.47. The molecule has 0 saturated heterocycles. The van der Waals surface area contributed by atoms with E-state index in [0.717, 1.165) is 12.2 Å². The van der Waals surface area contributed by atoms with Gasteiger partial charge in [-0.15, -0.1) is 0 Å². The summed E-state index contributed by atoms with van der Waals surface area (Å²) in [6.45, 7) is 3.38. The Kier molecular flexibility index (Phi) is 5.45. The van der Waals surface area contributed by atoms with E-state index in [1.54, 1.807) is 6.07 Å². The largest absolute Gasteiger partial charge is 0.492 e. The minimum atomic E-state index is -3.62. The number of hydrogen-bond acceptors (Lipinski definition) is 5. The number of hydrogen-bond donors (Lipinski definition) is 1. The highest BCUT2D eigenvalue weighted by Gasteiger charge is 2.19. The Morgan fingerprint density at radius 2 is 1.76 bits per heavy atom. The predicted octanol–water partition coefficient (Wildman–Crippen LogP) is 2.38. The number of fused-ring (bicyclic) bond motifs is 1. The predicted molar refractivity (Wildman–Crippen MR) is 93.9 cm³/mol. The van der Waals surface area contributed by atoms with Gasteiger partial charge in [0.25, 0.3) is 0 Å². The average molecular weight is 363 g/mol. The highest BCUT2D eigenvalue weighted by atomic mass is 32.2. The summed E-state index contributed by atoms with van der Waals surface area (Å²) in [4.78, 5) is 0.143. The smallest absolute Gasteiger partial charge is 0.240 e. The summed E-state index contributed by atoms with van der Waals surface area (Å²) < 4.78 is 43.6. The minimum Gasteiger partial charge on any atom is -0.492 e. The van der Waals surface area contributed by atoms with Crippen LogP contribution in [0.25, 0.3) is 0 Å². The highest BCUT2D eigenvalue weighted by Crippen LogP contribution is 2.32. The molecular weight excluding hydrogens is 342 g/mol. The van der Waals surface area contributed by atoms with Gasteiger partial charge in [-0.25, -0.2) is 13.1 Å². The maximum absolute atomic E-state index is 12.3. The van der Waals surface area contributed by atoms with Crippen LogP contribution in [-0.4, -0.2) is 34.8 Å². The number of aryl methyl sites for hydroxylation is 1. The SMILES string of the molecule is CCc1ccc(OCCNS(=O)(=O)c2ccc3c(c2)OCCO3)cc1. The second-order valence-corrected chi connectivity index (χ2v) is 7.32. The molecule has 1 heterocycles. The lowest BCUT2D eigenvalue weighted by Crippen LogP contribution is -2.28. The third kappa shape index (κ3) is 4.43. The number of rotatable bonds is 7. The molecular formula is C18H21NO5S. The zero-order chi connectivity index (χ0) is 17.7. The van der Waals surface area contributed by atoms with Crippen LogP contribution in [0, 0.1) is 0 Å². The maximum atomic E-state index is 12.3. The van der Waals surface area contributed by atoms with Crippen molar-refractivity contribution in [3.63, 3.8) is 0 Å². The molecule has 1 N–H and O–H groups in total. The van der Waals surface area contributed by atoms with E-state index in [-0.39, 0.29) is 18.0 Å². The van der Waals surface area contributed by atoms with Crippen LogP contribution in [0.15, 0.2) is 47.4 Å². The van der Waals surface area contributed by atoms with Crippen LogP contribution in [0.5, 0.6) is 17.2 Å². The van der Waals surface area contributed by atoms with Crippen molar-refractivity contribution in [3.8, 4) is 17.2 Å². The lowest BCUT2D eigenvalue weighted by atomic mass is 10.2. The van der Waals surface area contributed by atoms with Crippen molar-refractivity contribution in [1.82, 2.24) is 4.72 Å². The summed E-state index contributed by atoms with van der Waals surface area (Å²) >= 11 is 0. The zero-order valence-corrected chi connectivity index (χ0v) is 14.8. The van der Waals surface area contributed by atoms with Crippen molar-refractivity contribution in [2.75, 3.05) is 26.4 Å². The monoisotopic (exact) mass is 363 g/mol. The quantitative estimate of drug-likeness (QED) is 0.765. The van der Waals surface area contributed by atoms with Crippen LogP contribution in [0.1, 0.15) is 12.5 Å². The fraction of sp³-hybridized carbons (Fsp3) is 0.333. The summed E-state index contributed by atoms with van der Waals surface area (Å²) in [5, 5.41) is 0. The summed E-state index contributed by atoms with van der Waals surface area (Å²) in [6, 6.07) is 12.3. The first-order chi connectivity index (χ1) is 12.1. The molecule has 0 atom stereocenters. The molecule has 0 aliphatic carbocycles. The molecule has 7 heteroatoms. The molecule has 0 saturated carbocycles. The number of benzene rings is 2. The molecule has 0 bridgehead atoms. The number of sulfonamides is 1. The van der Waals surface area contributed by atoms with Gasteiger partial charge < -0.3 is 14.2 Å². The topological polar surface area (TPSA) is 73.9 Å². The third-order valence-electron chi connectivity index (χ3n) is 3.82. The molecule has 25 heavy (non-hydrogen) atoms. The zero-order valence-electron chi connectivity index (χ0n) is 14.0. The van der Waals surface area contributed by atoms with Crippen LogP contribution < -0.4 is 18.9 Å². The van der Waals surface area contributed by atoms with Gasteiger partial charge in [0, 0.05) is 12.6 Å². The molecule has 6 nitrogen and oxygen atoms in total. The lowest BCUT2D eigenvalue weighted by Gasteiger charge is -2.19. The van der Waals surface area contributed by atoms with Crippen LogP contribution in [0.4, 0.5) is 0 Å². The van der Waals surface area contributed by atoms with Gasteiger partial charge in [0.15, 0.2) is 11.5 Å². The van der Waals surface area contributed by atoms with E-state index in [1.165, 1.54) is 17.7 Å². The van der Waals surface area contributed by atoms with E-state index in [4.69, 9.17) is 14.2 Å². The maximum Gasteiger partial charge on any atom is 0.240 e. The van der Waals surface area contributed by atoms with Gasteiger partial charge in [0.1, 0.15) is 25.6 Å². The average Bonchev–Trinajstić information content (AvgIpc) is 2.65. The van der Waals surface area contributed by atoms with Crippen molar-refractivity contribution in [2.24, 2.45) is 0 Å². The Balaban J connectivity index is 1.54. The van der Waals surface area contributed by atoms with E-state index in [0.29, 0.717) is 24.7 Å². The van der Waals surface area contributed by atoms with E-state index in [9.17, 15) is 8.42 Å². The Labute approximate surface area is 147 Å². The van der Waals surface area contributed by atoms with Crippen LogP contribution >= 0.6 is 0 Å². The van der Waals surface area contributed by atoms with Crippen molar-refractivity contribution in [1.29, 1.82) is 0 Å². The highest BCUT2D eigenvalue weighted by molar-refractivity contribution is 7.89. The van der Waals surface area contributed by atoms with Gasteiger partial charge in [0.2, 0.25) is 10.0 Å². The van der Waals surface area contributed by atoms with E-state index >= 15 is 0 Å². The van der Waals surface area contributed by atoms with Crippen LogP contribution in [-0.2, 0) is 16.4 Å². The van der Waals surface area contributed by atoms with Crippen molar-refractivity contribution in [3.05, 3.63) is 48.0 Å². The molecule has 0 fully saturated rings. The molecule has 0 spiro atoms. The van der Waals surface area contributed by atoms with Crippen LogP contribution in [0.3, 0.4) is 0 Å². The van der Waals surface area contributed by atoms with Gasteiger partial charge in [0.05, 0.1) is 4.90 Å². The first kappa shape index (κ1) is 17.6. The lowest BCUT2D eigenvalue weighted by molar-refractivity contribution is 0.171. The molecule has 0 unspecified atom stereocenters. The van der Waals surface area contributed by atoms with Gasteiger partial charge >= 0.3 is 0 Å². The Hall–Kier alpha value is -2.25. The Morgan fingerprint density at radius 1 is 1.04 bits per heavy atom. The summed E-state index contributed by atoms with van der Waals surface area (Å²) in [6.07, 6.45) is 0.968. The normalized spacial score (nSPS) is 13.5. The Morgan fingerprint density at radius 3 is 2.48 bits per heavy atom. The fourth-order valence-electron chi connectivity index (χ4n) is 2.44. The van der Waals surface area contributed by atoms with Crippen molar-refractivity contribution < 1.29 is 22.6 Å². The molecule has 134 valence electrons. The summed E-state index contributed by atoms with van der Waals surface area (Å²) in [5.41, 5.74) is 1.23. The van der Waals surface area contributed by atoms with E-state index < -0.39 is 10.0 Å². The second kappa shape index (κ2) is 7.76. The third-order valence-corrected chi connectivity index (χ3v) is 5.28. The second-order valence-electron chi connectivity index (χ2n) is 5.55. The molecule has 1 aliphatic heterocycles. The van der Waals surface area contributed by atoms with E-state index in [1.807, 2.05) is 24.3 Å². The molecule has 3 rings (SSSR count). The number of ether oxygens (including phenoxy) is 3. The van der Waals surface area contributed by atoms with Crippen molar-refractivity contribution in [2.45, 2.75) is 18.2 Å². The molecule has 2 aromatic carbocycles. The summed E-state index contributed by atoms with van der Waals surface area (Å²) in [7, 11) is -3.62. The molecule has 0 radical (unpaired) electrons. The number of nitrogens with one attached hydrogen (secondary N) is 1. The van der Waals surface area contributed by atoms with E-state index in [2.05, 4.69) is 11.6 Å². The van der Waals surface area contributed by atoms with Gasteiger partial charge in [-0.3, -0.25) is 0 Å². The first-order valence-corrected chi connectivity index (χ1v) is 9.68. The minimum absolute atomic E-state index is 0.143. The van der Waals surface area contributed by atoms with Crippen LogP contribution in [0.2, 0.25) is 0 Å². The van der Waals surface area contributed by atoms with Gasteiger partial charge in [-0.1, -0.05) is 19.1 Å². The van der Waals surface area contributed by atoms with Gasteiger partial charge in [-0.05, 0) is 36.2 Å². The molecule has 2 aromatic rings. The standard InChI is InChI=1S/C18H21NO5S/c1-2-14-3-5-15(6-4-14)22-10-9-19-25(20,21)16-7-8-17-18(13-16)24-12-11-23-17/h3-8,13,19H,2,9-12H2,1H3. The first-order valence-electron chi connectivity index (χ1n) is 8.19. The summed E-state index contributed by atoms with van der Waals surface area (Å²) in [5.74, 6) is 1.72. The molecule has 0 aromatic heterocycles.